The number of nitrogens with zero attached hydrogens (tertiary/aromatic N) is 1. The van der Waals surface area contributed by atoms with Gasteiger partial charge in [-0.1, -0.05) is 24.3 Å². The Morgan fingerprint density at radius 1 is 1.05 bits per heavy atom. The lowest BCUT2D eigenvalue weighted by molar-refractivity contribution is -0.129. The molecule has 4 rings (SSSR count). The van der Waals surface area contributed by atoms with E-state index in [0.29, 0.717) is 0 Å². The number of carbonyl (C=O) groups is 2. The number of para-hydroxylation sites is 1. The van der Waals surface area contributed by atoms with Crippen LogP contribution in [0.1, 0.15) is 10.9 Å². The molecule has 0 unspecified atom stereocenters. The van der Waals surface area contributed by atoms with Crippen LogP contribution in [0.2, 0.25) is 0 Å². The van der Waals surface area contributed by atoms with Gasteiger partial charge >= 0.3 is 0 Å². The summed E-state index contributed by atoms with van der Waals surface area (Å²) in [4.78, 5) is 30.8. The van der Waals surface area contributed by atoms with Crippen molar-refractivity contribution in [3.8, 4) is 0 Å². The lowest BCUT2D eigenvalue weighted by Gasteiger charge is -2.25. The zero-order valence-corrected chi connectivity index (χ0v) is 11.7. The van der Waals surface area contributed by atoms with Crippen molar-refractivity contribution in [3.63, 3.8) is 0 Å². The zero-order valence-electron chi connectivity index (χ0n) is 10.9. The first-order chi connectivity index (χ1) is 10.3. The minimum atomic E-state index is -0.746. The molecular weight excluding hydrogens is 288 g/mol. The van der Waals surface area contributed by atoms with E-state index in [1.807, 2.05) is 47.8 Å². The van der Waals surface area contributed by atoms with E-state index in [-0.39, 0.29) is 17.9 Å². The van der Waals surface area contributed by atoms with Crippen molar-refractivity contribution in [2.75, 3.05) is 5.06 Å². The Morgan fingerprint density at radius 2 is 1.86 bits per heavy atom. The van der Waals surface area contributed by atoms with E-state index in [1.54, 1.807) is 16.4 Å². The van der Waals surface area contributed by atoms with Crippen molar-refractivity contribution in [1.29, 1.82) is 0 Å². The Morgan fingerprint density at radius 3 is 2.57 bits per heavy atom. The molecule has 6 heteroatoms. The highest BCUT2D eigenvalue weighted by atomic mass is 32.1. The number of thiophene rings is 1. The summed E-state index contributed by atoms with van der Waals surface area (Å²) >= 11 is 1.56. The molecule has 5 nitrogen and oxygen atoms in total. The molecule has 0 aliphatic carbocycles. The van der Waals surface area contributed by atoms with Gasteiger partial charge in [-0.05, 0) is 23.6 Å². The summed E-state index contributed by atoms with van der Waals surface area (Å²) in [5, 5.41) is 6.01. The lowest BCUT2D eigenvalue weighted by Crippen LogP contribution is -2.32. The second kappa shape index (κ2) is 4.68. The van der Waals surface area contributed by atoms with Gasteiger partial charge in [0.05, 0.1) is 5.69 Å². The van der Waals surface area contributed by atoms with Crippen LogP contribution in [0.5, 0.6) is 0 Å². The van der Waals surface area contributed by atoms with Crippen molar-refractivity contribution >= 4 is 28.8 Å². The maximum Gasteiger partial charge on any atom is 0.259 e. The monoisotopic (exact) mass is 300 g/mol. The highest BCUT2D eigenvalue weighted by Gasteiger charge is 2.56. The van der Waals surface area contributed by atoms with E-state index in [9.17, 15) is 9.59 Å². The molecule has 106 valence electrons. The average molecular weight is 300 g/mol. The minimum Gasteiger partial charge on any atom is -0.294 e. The Kier molecular flexibility index (Phi) is 2.80. The second-order valence-electron chi connectivity index (χ2n) is 5.03. The third kappa shape index (κ3) is 1.87. The predicted octanol–water partition coefficient (Wildman–Crippen LogP) is 1.88. The molecule has 0 bridgehead atoms. The third-order valence-electron chi connectivity index (χ3n) is 3.80. The fourth-order valence-electron chi connectivity index (χ4n) is 2.88. The standard InChI is InChI=1S/C15H12N2O3S/c18-14-11-12(10-7-4-8-21-10)17(9-5-2-1-3-6-9)20-13(11)15(19)16-14/h1-8,11-13H,(H,16,18,19)/t11-,12+,13-/m1/s1. The Bertz CT molecular complexity index is 686. The molecule has 2 saturated heterocycles. The van der Waals surface area contributed by atoms with E-state index in [1.165, 1.54) is 0 Å². The van der Waals surface area contributed by atoms with Crippen molar-refractivity contribution in [2.24, 2.45) is 5.92 Å². The van der Waals surface area contributed by atoms with Gasteiger partial charge in [0, 0.05) is 4.88 Å². The van der Waals surface area contributed by atoms with Crippen molar-refractivity contribution in [3.05, 3.63) is 52.7 Å². The summed E-state index contributed by atoms with van der Waals surface area (Å²) in [5.74, 6) is -1.12. The van der Waals surface area contributed by atoms with Gasteiger partial charge in [-0.3, -0.25) is 19.7 Å². The molecule has 2 fully saturated rings. The van der Waals surface area contributed by atoms with Gasteiger partial charge in [0.15, 0.2) is 6.10 Å². The van der Waals surface area contributed by atoms with Crippen LogP contribution >= 0.6 is 11.3 Å². The predicted molar refractivity (Wildman–Crippen MR) is 77.5 cm³/mol. The summed E-state index contributed by atoms with van der Waals surface area (Å²) in [6, 6.07) is 13.2. The largest absolute Gasteiger partial charge is 0.294 e. The van der Waals surface area contributed by atoms with Crippen LogP contribution in [0, 0.1) is 5.92 Å². The average Bonchev–Trinajstić information content (AvgIpc) is 3.19. The van der Waals surface area contributed by atoms with Gasteiger partial charge in [-0.25, -0.2) is 5.06 Å². The van der Waals surface area contributed by atoms with E-state index < -0.39 is 12.0 Å². The number of hydrogen-bond acceptors (Lipinski definition) is 5. The Labute approximate surface area is 125 Å². The van der Waals surface area contributed by atoms with E-state index in [4.69, 9.17) is 4.84 Å². The van der Waals surface area contributed by atoms with E-state index in [2.05, 4.69) is 5.32 Å². The summed E-state index contributed by atoms with van der Waals surface area (Å²) in [7, 11) is 0. The summed E-state index contributed by atoms with van der Waals surface area (Å²) in [5.41, 5.74) is 0.839. The third-order valence-corrected chi connectivity index (χ3v) is 4.74. The van der Waals surface area contributed by atoms with Gasteiger partial charge < -0.3 is 0 Å². The second-order valence-corrected chi connectivity index (χ2v) is 6.01. The number of hydroxylamine groups is 1. The minimum absolute atomic E-state index is 0.262. The van der Waals surface area contributed by atoms with Crippen LogP contribution in [0.4, 0.5) is 5.69 Å². The Balaban J connectivity index is 1.80. The van der Waals surface area contributed by atoms with Crippen molar-refractivity contribution < 1.29 is 14.4 Å². The maximum absolute atomic E-state index is 12.1. The molecule has 3 atom stereocenters. The summed E-state index contributed by atoms with van der Waals surface area (Å²) < 4.78 is 0. The summed E-state index contributed by atoms with van der Waals surface area (Å²) in [6.45, 7) is 0. The highest BCUT2D eigenvalue weighted by Crippen LogP contribution is 2.45. The van der Waals surface area contributed by atoms with Crippen molar-refractivity contribution in [2.45, 2.75) is 12.1 Å². The summed E-state index contributed by atoms with van der Waals surface area (Å²) in [6.07, 6.45) is -0.746. The van der Waals surface area contributed by atoms with E-state index >= 15 is 0 Å². The quantitative estimate of drug-likeness (QED) is 0.860. The normalized spacial score (nSPS) is 27.8. The first-order valence-corrected chi connectivity index (χ1v) is 7.53. The molecule has 1 aromatic carbocycles. The van der Waals surface area contributed by atoms with Gasteiger partial charge in [0.2, 0.25) is 5.91 Å². The van der Waals surface area contributed by atoms with Crippen LogP contribution in [-0.2, 0) is 14.4 Å². The fraction of sp³-hybridized carbons (Fsp3) is 0.200. The number of carbonyl (C=O) groups excluding carboxylic acids is 2. The smallest absolute Gasteiger partial charge is 0.259 e. The fourth-order valence-corrected chi connectivity index (χ4v) is 3.73. The SMILES string of the molecule is O=C1NC(=O)[C@@H]2ON(c3ccccc3)[C@@H](c3cccs3)[C@@H]12. The van der Waals surface area contributed by atoms with Gasteiger partial charge in [-0.15, -0.1) is 11.3 Å². The molecule has 0 saturated carbocycles. The van der Waals surface area contributed by atoms with Crippen LogP contribution in [0.15, 0.2) is 47.8 Å². The van der Waals surface area contributed by atoms with Crippen molar-refractivity contribution in [1.82, 2.24) is 5.32 Å². The molecule has 21 heavy (non-hydrogen) atoms. The Hall–Kier alpha value is -2.18. The zero-order chi connectivity index (χ0) is 14.4. The first kappa shape index (κ1) is 12.6. The number of amides is 2. The molecule has 0 spiro atoms. The topological polar surface area (TPSA) is 58.6 Å². The molecule has 3 heterocycles. The molecule has 1 aromatic heterocycles. The van der Waals surface area contributed by atoms with Crippen LogP contribution in [0.25, 0.3) is 0 Å². The number of fused-ring (bicyclic) bond motifs is 1. The molecule has 2 aliphatic heterocycles. The lowest BCUT2D eigenvalue weighted by atomic mass is 9.95. The molecule has 2 aliphatic rings. The first-order valence-electron chi connectivity index (χ1n) is 6.65. The number of anilines is 1. The molecular formula is C15H12N2O3S. The number of rotatable bonds is 2. The number of benzene rings is 1. The number of hydrogen-bond donors (Lipinski definition) is 1. The van der Waals surface area contributed by atoms with Crippen LogP contribution in [0.3, 0.4) is 0 Å². The van der Waals surface area contributed by atoms with Gasteiger partial charge in [0.1, 0.15) is 12.0 Å². The van der Waals surface area contributed by atoms with E-state index in [0.717, 1.165) is 10.6 Å². The van der Waals surface area contributed by atoms with Crippen LogP contribution < -0.4 is 10.4 Å². The molecule has 2 aromatic rings. The maximum atomic E-state index is 12.1. The van der Waals surface area contributed by atoms with Gasteiger partial charge in [0.25, 0.3) is 5.91 Å². The van der Waals surface area contributed by atoms with Crippen LogP contribution in [-0.4, -0.2) is 17.9 Å². The highest BCUT2D eigenvalue weighted by molar-refractivity contribution is 7.10. The molecule has 1 N–H and O–H groups in total. The number of imide groups is 1. The van der Waals surface area contributed by atoms with Gasteiger partial charge in [-0.2, -0.15) is 0 Å². The molecule has 2 amide bonds. The molecule has 0 radical (unpaired) electrons. The number of nitrogens with one attached hydrogen (secondary N) is 1.